The predicted octanol–water partition coefficient (Wildman–Crippen LogP) is -5.15. The highest BCUT2D eigenvalue weighted by Gasteiger charge is 2.32. The molecule has 0 aromatic carbocycles. The van der Waals surface area contributed by atoms with Crippen LogP contribution < -0.4 is 33.2 Å². The lowest BCUT2D eigenvalue weighted by Gasteiger charge is -2.24. The van der Waals surface area contributed by atoms with Crippen molar-refractivity contribution in [3.05, 3.63) is 0 Å². The van der Waals surface area contributed by atoms with E-state index in [-0.39, 0.29) is 25.3 Å². The molecule has 4 atom stereocenters. The predicted molar refractivity (Wildman–Crippen MR) is 113 cm³/mol. The summed E-state index contributed by atoms with van der Waals surface area (Å²) in [6.07, 6.45) is -1.93. The highest BCUT2D eigenvalue weighted by Crippen LogP contribution is 2.03. The van der Waals surface area contributed by atoms with E-state index in [0.29, 0.717) is 0 Å². The molecule has 3 amide bonds. The molecule has 0 heterocycles. The summed E-state index contributed by atoms with van der Waals surface area (Å²) in [4.78, 5) is 73.9. The van der Waals surface area contributed by atoms with Gasteiger partial charge in [-0.3, -0.25) is 29.0 Å². The van der Waals surface area contributed by atoms with Crippen LogP contribution in [0, 0.1) is 0 Å². The summed E-state index contributed by atoms with van der Waals surface area (Å²) >= 11 is 0. The van der Waals surface area contributed by atoms with Gasteiger partial charge in [-0.25, -0.2) is 4.79 Å². The van der Waals surface area contributed by atoms with E-state index < -0.39 is 79.2 Å². The number of rotatable bonds is 16. The highest BCUT2D eigenvalue weighted by atomic mass is 16.4. The molecule has 0 saturated carbocycles. The summed E-state index contributed by atoms with van der Waals surface area (Å²) in [6.45, 7) is -0.680. The quantitative estimate of drug-likeness (QED) is 0.0549. The number of aliphatic hydroxyl groups excluding tert-OH is 1. The van der Waals surface area contributed by atoms with Gasteiger partial charge in [-0.05, 0) is 12.8 Å². The van der Waals surface area contributed by atoms with E-state index in [1.165, 1.54) is 0 Å². The van der Waals surface area contributed by atoms with Gasteiger partial charge in [0.05, 0.1) is 19.4 Å². The van der Waals surface area contributed by atoms with Crippen LogP contribution in [0.1, 0.15) is 25.7 Å². The van der Waals surface area contributed by atoms with Crippen LogP contribution in [-0.2, 0) is 28.8 Å². The summed E-state index contributed by atoms with van der Waals surface area (Å²) in [5.74, 6) is -8.23. The zero-order valence-electron chi connectivity index (χ0n) is 18.0. The van der Waals surface area contributed by atoms with E-state index in [4.69, 9.17) is 37.6 Å². The van der Waals surface area contributed by atoms with Crippen molar-refractivity contribution < 1.29 is 49.2 Å². The van der Waals surface area contributed by atoms with Gasteiger partial charge in [0, 0.05) is 6.54 Å². The first-order chi connectivity index (χ1) is 15.8. The maximum atomic E-state index is 12.7. The molecule has 0 fully saturated rings. The largest absolute Gasteiger partial charge is 0.481 e. The van der Waals surface area contributed by atoms with Gasteiger partial charge in [-0.2, -0.15) is 0 Å². The van der Waals surface area contributed by atoms with Crippen molar-refractivity contribution in [2.24, 2.45) is 22.2 Å². The smallest absolute Gasteiger partial charge is 0.326 e. The number of amides is 3. The molecule has 34 heavy (non-hydrogen) atoms. The fraction of sp³-hybridized carbons (Fsp3) is 0.588. The number of carbonyl (C=O) groups is 6. The Bertz CT molecular complexity index is 800. The summed E-state index contributed by atoms with van der Waals surface area (Å²) in [7, 11) is 0. The SMILES string of the molecule is NC(N)=NCCCC(NC(=O)C(N)CO)C(=O)NC(CC(=O)O)C(=O)NC(CC(=O)O)C(=O)O. The Kier molecular flexibility index (Phi) is 13.2. The van der Waals surface area contributed by atoms with E-state index in [9.17, 15) is 28.8 Å². The Morgan fingerprint density at radius 2 is 1.24 bits per heavy atom. The van der Waals surface area contributed by atoms with Crippen LogP contribution in [0.25, 0.3) is 0 Å². The third-order valence-corrected chi connectivity index (χ3v) is 4.12. The lowest BCUT2D eigenvalue weighted by molar-refractivity contribution is -0.148. The number of nitrogens with one attached hydrogen (secondary N) is 3. The molecule has 0 rings (SSSR count). The van der Waals surface area contributed by atoms with Crippen molar-refractivity contribution in [1.29, 1.82) is 0 Å². The molecule has 13 N–H and O–H groups in total. The number of carboxylic acid groups (broad SMARTS) is 3. The molecule has 0 bridgehead atoms. The van der Waals surface area contributed by atoms with Crippen molar-refractivity contribution >= 4 is 41.6 Å². The Hall–Kier alpha value is -3.99. The number of hydrogen-bond donors (Lipinski definition) is 10. The molecular formula is C17H29N7O10. The number of guanidine groups is 1. The molecule has 0 saturated heterocycles. The standard InChI is InChI=1S/C17H29N7O10/c18-7(6-25)13(30)22-8(2-1-3-21-17(19)20)14(31)23-9(4-11(26)27)15(32)24-10(16(33)34)5-12(28)29/h7-10,25H,1-6,18H2,(H,22,30)(H,23,31)(H,24,32)(H,26,27)(H,28,29)(H,33,34)(H4,19,20,21). The van der Waals surface area contributed by atoms with E-state index >= 15 is 0 Å². The first kappa shape index (κ1) is 30.0. The maximum Gasteiger partial charge on any atom is 0.326 e. The van der Waals surface area contributed by atoms with Gasteiger partial charge in [0.1, 0.15) is 24.2 Å². The first-order valence-corrected chi connectivity index (χ1v) is 9.77. The minimum absolute atomic E-state index is 0.0581. The van der Waals surface area contributed by atoms with Crippen molar-refractivity contribution in [3.63, 3.8) is 0 Å². The number of carboxylic acids is 3. The molecule has 17 nitrogen and oxygen atoms in total. The van der Waals surface area contributed by atoms with Crippen LogP contribution in [0.3, 0.4) is 0 Å². The maximum absolute atomic E-state index is 12.7. The third kappa shape index (κ3) is 12.2. The van der Waals surface area contributed by atoms with Gasteiger partial charge in [0.2, 0.25) is 17.7 Å². The molecule has 0 spiro atoms. The topological polar surface area (TPSA) is 310 Å². The fourth-order valence-corrected chi connectivity index (χ4v) is 2.44. The molecule has 0 aliphatic carbocycles. The zero-order valence-corrected chi connectivity index (χ0v) is 18.0. The Morgan fingerprint density at radius 3 is 1.71 bits per heavy atom. The van der Waals surface area contributed by atoms with E-state index in [2.05, 4.69) is 15.6 Å². The van der Waals surface area contributed by atoms with Crippen LogP contribution in [0.2, 0.25) is 0 Å². The summed E-state index contributed by atoms with van der Waals surface area (Å²) in [5.41, 5.74) is 15.8. The fourth-order valence-electron chi connectivity index (χ4n) is 2.44. The normalized spacial score (nSPS) is 13.9. The average Bonchev–Trinajstić information content (AvgIpc) is 2.72. The number of hydrogen-bond acceptors (Lipinski definition) is 9. The number of nitrogens with zero attached hydrogens (tertiary/aromatic N) is 1. The minimum atomic E-state index is -1.89. The third-order valence-electron chi connectivity index (χ3n) is 4.12. The van der Waals surface area contributed by atoms with Crippen LogP contribution in [0.15, 0.2) is 4.99 Å². The van der Waals surface area contributed by atoms with Gasteiger partial charge in [0.25, 0.3) is 0 Å². The van der Waals surface area contributed by atoms with E-state index in [1.807, 2.05) is 5.32 Å². The van der Waals surface area contributed by atoms with Crippen molar-refractivity contribution in [3.8, 4) is 0 Å². The molecule has 0 aromatic rings. The van der Waals surface area contributed by atoms with E-state index in [0.717, 1.165) is 0 Å². The lowest BCUT2D eigenvalue weighted by Crippen LogP contribution is -2.58. The highest BCUT2D eigenvalue weighted by molar-refractivity contribution is 5.96. The summed E-state index contributed by atoms with van der Waals surface area (Å²) in [6, 6.07) is -6.45. The molecular weight excluding hydrogens is 462 g/mol. The molecule has 17 heteroatoms. The Morgan fingerprint density at radius 1 is 0.765 bits per heavy atom. The second kappa shape index (κ2) is 15.0. The Balaban J connectivity index is 5.57. The van der Waals surface area contributed by atoms with Gasteiger partial charge in [0.15, 0.2) is 5.96 Å². The number of aliphatic imine (C=N–C) groups is 1. The van der Waals surface area contributed by atoms with Gasteiger partial charge < -0.3 is 53.6 Å². The number of nitrogens with two attached hydrogens (primary N) is 3. The molecule has 0 aliphatic heterocycles. The van der Waals surface area contributed by atoms with Gasteiger partial charge in [-0.15, -0.1) is 0 Å². The van der Waals surface area contributed by atoms with Crippen LogP contribution >= 0.6 is 0 Å². The molecule has 0 aliphatic rings. The van der Waals surface area contributed by atoms with Gasteiger partial charge in [-0.1, -0.05) is 0 Å². The molecule has 0 aromatic heterocycles. The summed E-state index contributed by atoms with van der Waals surface area (Å²) in [5, 5.41) is 42.0. The van der Waals surface area contributed by atoms with Crippen LogP contribution in [0.5, 0.6) is 0 Å². The summed E-state index contributed by atoms with van der Waals surface area (Å²) < 4.78 is 0. The van der Waals surface area contributed by atoms with Crippen LogP contribution in [-0.4, -0.2) is 99.3 Å². The van der Waals surface area contributed by atoms with Crippen molar-refractivity contribution in [2.45, 2.75) is 49.9 Å². The number of aliphatic hydroxyl groups is 1. The molecule has 4 unspecified atom stereocenters. The van der Waals surface area contributed by atoms with Gasteiger partial charge >= 0.3 is 17.9 Å². The zero-order chi connectivity index (χ0) is 26.4. The van der Waals surface area contributed by atoms with Crippen molar-refractivity contribution in [2.75, 3.05) is 13.2 Å². The average molecular weight is 491 g/mol. The first-order valence-electron chi connectivity index (χ1n) is 9.77. The Labute approximate surface area is 192 Å². The van der Waals surface area contributed by atoms with Crippen molar-refractivity contribution in [1.82, 2.24) is 16.0 Å². The van der Waals surface area contributed by atoms with Crippen LogP contribution in [0.4, 0.5) is 0 Å². The monoisotopic (exact) mass is 491 g/mol. The second-order valence-corrected chi connectivity index (χ2v) is 6.96. The molecule has 0 radical (unpaired) electrons. The minimum Gasteiger partial charge on any atom is -0.481 e. The second-order valence-electron chi connectivity index (χ2n) is 6.96. The van der Waals surface area contributed by atoms with E-state index in [1.54, 1.807) is 0 Å². The number of carbonyl (C=O) groups excluding carboxylic acids is 3. The molecule has 192 valence electrons. The lowest BCUT2D eigenvalue weighted by atomic mass is 10.1. The number of aliphatic carboxylic acids is 3.